The van der Waals surface area contributed by atoms with Crippen molar-refractivity contribution in [2.24, 2.45) is 5.92 Å². The third-order valence-corrected chi connectivity index (χ3v) is 7.15. The summed E-state index contributed by atoms with van der Waals surface area (Å²) < 4.78 is 31.8. The Balaban J connectivity index is 1.61. The number of hydrogen-bond donors (Lipinski definition) is 1. The number of rotatable bonds is 5. The largest absolute Gasteiger partial charge is 0.376 e. The fourth-order valence-electron chi connectivity index (χ4n) is 3.60. The minimum Gasteiger partial charge on any atom is -0.376 e. The Hall–Kier alpha value is -1.25. The number of aromatic nitrogens is 2. The van der Waals surface area contributed by atoms with Crippen LogP contribution in [-0.2, 0) is 26.8 Å². The number of sulfonamides is 1. The van der Waals surface area contributed by atoms with Gasteiger partial charge in [0, 0.05) is 31.4 Å². The summed E-state index contributed by atoms with van der Waals surface area (Å²) in [6, 6.07) is 0. The van der Waals surface area contributed by atoms with Gasteiger partial charge in [-0.3, -0.25) is 0 Å². The normalized spacial score (nSPS) is 27.4. The molecule has 2 fully saturated rings. The van der Waals surface area contributed by atoms with Crippen molar-refractivity contribution in [3.8, 4) is 0 Å². The van der Waals surface area contributed by atoms with Crippen molar-refractivity contribution in [3.63, 3.8) is 0 Å². The first-order chi connectivity index (χ1) is 11.5. The van der Waals surface area contributed by atoms with Crippen LogP contribution in [0.25, 0.3) is 0 Å². The van der Waals surface area contributed by atoms with Gasteiger partial charge in [-0.25, -0.2) is 22.7 Å². The lowest BCUT2D eigenvalue weighted by molar-refractivity contribution is 0.0532. The SMILES string of the molecule is CCS(=O)(=O)N1CCC2(COCc3cnc(NCC4CC4)nc32)C1. The van der Waals surface area contributed by atoms with Crippen LogP contribution in [0.3, 0.4) is 0 Å². The van der Waals surface area contributed by atoms with Crippen LogP contribution in [0.4, 0.5) is 5.95 Å². The summed E-state index contributed by atoms with van der Waals surface area (Å²) in [7, 11) is -3.18. The maximum atomic E-state index is 12.2. The molecule has 0 amide bonds. The highest BCUT2D eigenvalue weighted by molar-refractivity contribution is 7.89. The van der Waals surface area contributed by atoms with Crippen molar-refractivity contribution in [2.75, 3.05) is 37.3 Å². The van der Waals surface area contributed by atoms with Crippen LogP contribution in [0.1, 0.15) is 37.4 Å². The van der Waals surface area contributed by atoms with E-state index >= 15 is 0 Å². The molecular formula is C16H24N4O3S. The molecule has 1 N–H and O–H groups in total. The van der Waals surface area contributed by atoms with Crippen molar-refractivity contribution in [3.05, 3.63) is 17.5 Å². The van der Waals surface area contributed by atoms with E-state index in [2.05, 4.69) is 10.3 Å². The Labute approximate surface area is 142 Å². The fraction of sp³-hybridized carbons (Fsp3) is 0.750. The van der Waals surface area contributed by atoms with Crippen molar-refractivity contribution in [1.82, 2.24) is 14.3 Å². The Morgan fingerprint density at radius 3 is 3.04 bits per heavy atom. The molecule has 1 aliphatic carbocycles. The molecule has 1 aromatic heterocycles. The van der Waals surface area contributed by atoms with Crippen molar-refractivity contribution >= 4 is 16.0 Å². The molecular weight excluding hydrogens is 328 g/mol. The highest BCUT2D eigenvalue weighted by Crippen LogP contribution is 2.40. The van der Waals surface area contributed by atoms with Crippen LogP contribution >= 0.6 is 0 Å². The summed E-state index contributed by atoms with van der Waals surface area (Å²) in [5.74, 6) is 1.53. The lowest BCUT2D eigenvalue weighted by atomic mass is 9.81. The van der Waals surface area contributed by atoms with Gasteiger partial charge in [-0.2, -0.15) is 0 Å². The van der Waals surface area contributed by atoms with Crippen LogP contribution in [0.15, 0.2) is 6.20 Å². The van der Waals surface area contributed by atoms with E-state index < -0.39 is 10.0 Å². The molecule has 1 spiro atoms. The van der Waals surface area contributed by atoms with Crippen molar-refractivity contribution < 1.29 is 13.2 Å². The van der Waals surface area contributed by atoms with Gasteiger partial charge in [0.2, 0.25) is 16.0 Å². The summed E-state index contributed by atoms with van der Waals surface area (Å²) in [6.45, 7) is 4.62. The average molecular weight is 352 g/mol. The molecule has 3 heterocycles. The number of anilines is 1. The molecule has 0 aromatic carbocycles. The smallest absolute Gasteiger partial charge is 0.222 e. The molecule has 0 bridgehead atoms. The monoisotopic (exact) mass is 352 g/mol. The second-order valence-electron chi connectivity index (χ2n) is 7.15. The maximum Gasteiger partial charge on any atom is 0.222 e. The van der Waals surface area contributed by atoms with E-state index in [4.69, 9.17) is 9.72 Å². The molecule has 1 saturated carbocycles. The highest BCUT2D eigenvalue weighted by Gasteiger charge is 2.47. The Morgan fingerprint density at radius 1 is 1.46 bits per heavy atom. The first kappa shape index (κ1) is 16.2. The summed E-state index contributed by atoms with van der Waals surface area (Å²) in [6.07, 6.45) is 5.13. The molecule has 24 heavy (non-hydrogen) atoms. The van der Waals surface area contributed by atoms with E-state index in [0.717, 1.165) is 30.1 Å². The standard InChI is InChI=1S/C16H24N4O3S/c1-2-24(21,22)20-6-5-16(10-20)11-23-9-13-8-18-15(19-14(13)16)17-7-12-3-4-12/h8,12H,2-7,9-11H2,1H3,(H,17,18,19). The minimum absolute atomic E-state index is 0.134. The fourth-order valence-corrected chi connectivity index (χ4v) is 4.78. The molecule has 8 heteroatoms. The molecule has 0 radical (unpaired) electrons. The predicted octanol–water partition coefficient (Wildman–Crippen LogP) is 1.12. The number of ether oxygens (including phenoxy) is 1. The summed E-state index contributed by atoms with van der Waals surface area (Å²) in [5.41, 5.74) is 1.61. The molecule has 3 aliphatic rings. The van der Waals surface area contributed by atoms with E-state index in [1.54, 1.807) is 11.2 Å². The van der Waals surface area contributed by atoms with Crippen molar-refractivity contribution in [1.29, 1.82) is 0 Å². The lowest BCUT2D eigenvalue weighted by Gasteiger charge is -2.34. The first-order valence-electron chi connectivity index (χ1n) is 8.68. The second-order valence-corrected chi connectivity index (χ2v) is 9.41. The molecule has 1 atom stereocenters. The van der Waals surface area contributed by atoms with Gasteiger partial charge in [-0.05, 0) is 32.1 Å². The lowest BCUT2D eigenvalue weighted by Crippen LogP contribution is -2.42. The van der Waals surface area contributed by atoms with E-state index in [1.165, 1.54) is 12.8 Å². The molecule has 4 rings (SSSR count). The van der Waals surface area contributed by atoms with Crippen LogP contribution < -0.4 is 5.32 Å². The first-order valence-corrected chi connectivity index (χ1v) is 10.3. The molecule has 1 unspecified atom stereocenters. The van der Waals surface area contributed by atoms with E-state index in [1.807, 2.05) is 6.20 Å². The van der Waals surface area contributed by atoms with Gasteiger partial charge in [0.15, 0.2) is 0 Å². The number of nitrogens with zero attached hydrogens (tertiary/aromatic N) is 3. The van der Waals surface area contributed by atoms with Crippen LogP contribution in [0, 0.1) is 5.92 Å². The molecule has 1 saturated heterocycles. The molecule has 1 aromatic rings. The predicted molar refractivity (Wildman–Crippen MR) is 90.2 cm³/mol. The highest BCUT2D eigenvalue weighted by atomic mass is 32.2. The topological polar surface area (TPSA) is 84.4 Å². The van der Waals surface area contributed by atoms with E-state index in [9.17, 15) is 8.42 Å². The van der Waals surface area contributed by atoms with Crippen LogP contribution in [-0.4, -0.2) is 54.7 Å². The summed E-state index contributed by atoms with van der Waals surface area (Å²) >= 11 is 0. The number of fused-ring (bicyclic) bond motifs is 2. The zero-order valence-corrected chi connectivity index (χ0v) is 14.8. The number of hydrogen-bond acceptors (Lipinski definition) is 6. The maximum absolute atomic E-state index is 12.2. The Kier molecular flexibility index (Phi) is 4.01. The van der Waals surface area contributed by atoms with Gasteiger partial charge in [0.05, 0.1) is 30.1 Å². The summed E-state index contributed by atoms with van der Waals surface area (Å²) in [5, 5.41) is 3.32. The minimum atomic E-state index is -3.18. The second kappa shape index (κ2) is 5.93. The number of nitrogens with one attached hydrogen (secondary N) is 1. The Morgan fingerprint density at radius 2 is 2.29 bits per heavy atom. The van der Waals surface area contributed by atoms with Crippen LogP contribution in [0.2, 0.25) is 0 Å². The van der Waals surface area contributed by atoms with Gasteiger partial charge in [-0.15, -0.1) is 0 Å². The summed E-state index contributed by atoms with van der Waals surface area (Å²) in [4.78, 5) is 9.16. The van der Waals surface area contributed by atoms with Crippen molar-refractivity contribution in [2.45, 2.75) is 38.2 Å². The third kappa shape index (κ3) is 2.91. The quantitative estimate of drug-likeness (QED) is 0.855. The Bertz CT molecular complexity index is 735. The zero-order valence-electron chi connectivity index (χ0n) is 14.0. The molecule has 7 nitrogen and oxygen atoms in total. The van der Waals surface area contributed by atoms with Gasteiger partial charge < -0.3 is 10.1 Å². The molecule has 132 valence electrons. The van der Waals surface area contributed by atoms with Gasteiger partial charge >= 0.3 is 0 Å². The van der Waals surface area contributed by atoms with E-state index in [0.29, 0.717) is 32.3 Å². The van der Waals surface area contributed by atoms with Gasteiger partial charge in [-0.1, -0.05) is 0 Å². The molecule has 2 aliphatic heterocycles. The average Bonchev–Trinajstić information content (AvgIpc) is 3.32. The zero-order chi connectivity index (χ0) is 16.8. The van der Waals surface area contributed by atoms with Crippen LogP contribution in [0.5, 0.6) is 0 Å². The van der Waals surface area contributed by atoms with Gasteiger partial charge in [0.25, 0.3) is 0 Å². The van der Waals surface area contributed by atoms with E-state index in [-0.39, 0.29) is 11.2 Å². The van der Waals surface area contributed by atoms with Gasteiger partial charge in [0.1, 0.15) is 0 Å². The third-order valence-electron chi connectivity index (χ3n) is 5.33.